The molecule has 2 nitrogen and oxygen atoms in total. The molecule has 0 aliphatic rings. The Balaban J connectivity index is 2.85. The molecule has 0 radical (unpaired) electrons. The molecule has 2 heteroatoms. The molecule has 2 atom stereocenters. The van der Waals surface area contributed by atoms with E-state index in [0.29, 0.717) is 18.3 Å². The van der Waals surface area contributed by atoms with E-state index in [2.05, 4.69) is 31.0 Å². The monoisotopic (exact) mass is 216 g/mol. The Bertz CT molecular complexity index is 326. The molecule has 86 valence electrons. The van der Waals surface area contributed by atoms with E-state index >= 15 is 0 Å². The molecular formula is C14H20N2. The third-order valence-corrected chi connectivity index (χ3v) is 3.18. The van der Waals surface area contributed by atoms with Crippen LogP contribution in [-0.4, -0.2) is 4.98 Å². The molecule has 0 N–H and O–H groups in total. The Morgan fingerprint density at radius 1 is 1.44 bits per heavy atom. The minimum Gasteiger partial charge on any atom is -0.264 e. The fourth-order valence-corrected chi connectivity index (χ4v) is 2.31. The Labute approximate surface area is 98.3 Å². The van der Waals surface area contributed by atoms with Gasteiger partial charge in [-0.15, -0.1) is 0 Å². The van der Waals surface area contributed by atoms with Gasteiger partial charge >= 0.3 is 0 Å². The Kier molecular flexibility index (Phi) is 5.56. The maximum absolute atomic E-state index is 8.94. The van der Waals surface area contributed by atoms with E-state index in [9.17, 15) is 0 Å². The van der Waals surface area contributed by atoms with Crippen LogP contribution in [0.3, 0.4) is 0 Å². The van der Waals surface area contributed by atoms with Gasteiger partial charge in [0.1, 0.15) is 0 Å². The summed E-state index contributed by atoms with van der Waals surface area (Å²) < 4.78 is 0. The van der Waals surface area contributed by atoms with Crippen molar-refractivity contribution in [1.29, 1.82) is 5.26 Å². The summed E-state index contributed by atoms with van der Waals surface area (Å²) in [6.45, 7) is 4.41. The molecule has 0 amide bonds. The lowest BCUT2D eigenvalue weighted by molar-refractivity contribution is 0.381. The second-order valence-corrected chi connectivity index (χ2v) is 4.21. The molecule has 1 heterocycles. The average molecular weight is 216 g/mol. The quantitative estimate of drug-likeness (QED) is 0.723. The van der Waals surface area contributed by atoms with Crippen LogP contribution in [0.25, 0.3) is 0 Å². The van der Waals surface area contributed by atoms with Crippen LogP contribution in [-0.2, 0) is 0 Å². The molecule has 0 aliphatic carbocycles. The smallest absolute Gasteiger partial charge is 0.0628 e. The average Bonchev–Trinajstić information content (AvgIpc) is 2.35. The summed E-state index contributed by atoms with van der Waals surface area (Å²) in [5.41, 5.74) is 1.21. The van der Waals surface area contributed by atoms with Crippen LogP contribution in [0.2, 0.25) is 0 Å². The summed E-state index contributed by atoms with van der Waals surface area (Å²) in [5, 5.41) is 8.94. The van der Waals surface area contributed by atoms with Gasteiger partial charge in [0.05, 0.1) is 6.07 Å². The molecule has 0 bridgehead atoms. The summed E-state index contributed by atoms with van der Waals surface area (Å²) in [6.07, 6.45) is 7.80. The van der Waals surface area contributed by atoms with Crippen LogP contribution in [0.4, 0.5) is 0 Å². The zero-order valence-electron chi connectivity index (χ0n) is 10.2. The summed E-state index contributed by atoms with van der Waals surface area (Å²) >= 11 is 0. The largest absolute Gasteiger partial charge is 0.264 e. The second kappa shape index (κ2) is 7.00. The lowest BCUT2D eigenvalue weighted by Gasteiger charge is -2.24. The van der Waals surface area contributed by atoms with Crippen molar-refractivity contribution in [2.45, 2.75) is 45.4 Å². The van der Waals surface area contributed by atoms with E-state index in [1.165, 1.54) is 18.4 Å². The van der Waals surface area contributed by atoms with Crippen molar-refractivity contribution in [2.75, 3.05) is 0 Å². The highest BCUT2D eigenvalue weighted by molar-refractivity contribution is 5.17. The highest BCUT2D eigenvalue weighted by Crippen LogP contribution is 2.32. The van der Waals surface area contributed by atoms with Gasteiger partial charge in [0, 0.05) is 24.7 Å². The van der Waals surface area contributed by atoms with Crippen molar-refractivity contribution in [3.8, 4) is 6.07 Å². The Morgan fingerprint density at radius 2 is 2.25 bits per heavy atom. The van der Waals surface area contributed by atoms with Gasteiger partial charge in [-0.25, -0.2) is 0 Å². The third-order valence-electron chi connectivity index (χ3n) is 3.18. The molecule has 0 aromatic carbocycles. The van der Waals surface area contributed by atoms with Gasteiger partial charge in [-0.05, 0) is 17.5 Å². The van der Waals surface area contributed by atoms with Gasteiger partial charge in [0.15, 0.2) is 0 Å². The van der Waals surface area contributed by atoms with E-state index in [1.807, 2.05) is 12.3 Å². The third kappa shape index (κ3) is 3.34. The van der Waals surface area contributed by atoms with Crippen molar-refractivity contribution < 1.29 is 0 Å². The predicted octanol–water partition coefficient (Wildman–Crippen LogP) is 3.91. The highest BCUT2D eigenvalue weighted by atomic mass is 14.6. The van der Waals surface area contributed by atoms with Crippen LogP contribution in [0.1, 0.15) is 51.0 Å². The predicted molar refractivity (Wildman–Crippen MR) is 65.9 cm³/mol. The van der Waals surface area contributed by atoms with Gasteiger partial charge in [0.2, 0.25) is 0 Å². The van der Waals surface area contributed by atoms with Crippen LogP contribution in [0.5, 0.6) is 0 Å². The standard InChI is InChI=1S/C14H20N2/c1-3-6-12(4-2)14(8-9-15)13-7-5-10-16-11-13/h5,7,10-12,14H,3-4,6,8H2,1-2H3. The number of pyridine rings is 1. The van der Waals surface area contributed by atoms with E-state index in [-0.39, 0.29) is 0 Å². The molecule has 0 aliphatic heterocycles. The van der Waals surface area contributed by atoms with Crippen LogP contribution < -0.4 is 0 Å². The minimum atomic E-state index is 0.351. The Hall–Kier alpha value is -1.36. The number of nitrogens with zero attached hydrogens (tertiary/aromatic N) is 2. The van der Waals surface area contributed by atoms with Crippen molar-refractivity contribution in [3.05, 3.63) is 30.1 Å². The lowest BCUT2D eigenvalue weighted by atomic mass is 9.80. The summed E-state index contributed by atoms with van der Waals surface area (Å²) in [5.74, 6) is 0.956. The van der Waals surface area contributed by atoms with Gasteiger partial charge in [-0.1, -0.05) is 39.2 Å². The normalized spacial score (nSPS) is 14.1. The topological polar surface area (TPSA) is 36.7 Å². The highest BCUT2D eigenvalue weighted by Gasteiger charge is 2.20. The van der Waals surface area contributed by atoms with E-state index in [4.69, 9.17) is 5.26 Å². The zero-order chi connectivity index (χ0) is 11.8. The zero-order valence-corrected chi connectivity index (χ0v) is 10.2. The van der Waals surface area contributed by atoms with Gasteiger partial charge in [-0.2, -0.15) is 5.26 Å². The number of hydrogen-bond donors (Lipinski definition) is 0. The van der Waals surface area contributed by atoms with E-state index in [1.54, 1.807) is 6.20 Å². The number of nitriles is 1. The van der Waals surface area contributed by atoms with Crippen LogP contribution in [0, 0.1) is 17.2 Å². The van der Waals surface area contributed by atoms with Crippen molar-refractivity contribution in [1.82, 2.24) is 4.98 Å². The number of rotatable bonds is 6. The van der Waals surface area contributed by atoms with E-state index < -0.39 is 0 Å². The SMILES string of the molecule is CCCC(CC)C(CC#N)c1cccnc1. The molecule has 16 heavy (non-hydrogen) atoms. The maximum Gasteiger partial charge on any atom is 0.0628 e. The van der Waals surface area contributed by atoms with Crippen molar-refractivity contribution >= 4 is 0 Å². The number of aromatic nitrogens is 1. The van der Waals surface area contributed by atoms with Crippen molar-refractivity contribution in [2.24, 2.45) is 5.92 Å². The van der Waals surface area contributed by atoms with Gasteiger partial charge in [-0.3, -0.25) is 4.98 Å². The molecule has 0 spiro atoms. The van der Waals surface area contributed by atoms with Gasteiger partial charge in [0.25, 0.3) is 0 Å². The Morgan fingerprint density at radius 3 is 2.75 bits per heavy atom. The summed E-state index contributed by atoms with van der Waals surface area (Å²) in [4.78, 5) is 4.16. The first-order valence-corrected chi connectivity index (χ1v) is 6.10. The first-order chi connectivity index (χ1) is 7.83. The maximum atomic E-state index is 8.94. The molecule has 0 saturated carbocycles. The second-order valence-electron chi connectivity index (χ2n) is 4.21. The van der Waals surface area contributed by atoms with Gasteiger partial charge < -0.3 is 0 Å². The molecule has 1 rings (SSSR count). The van der Waals surface area contributed by atoms with Crippen LogP contribution >= 0.6 is 0 Å². The van der Waals surface area contributed by atoms with E-state index in [0.717, 1.165) is 6.42 Å². The van der Waals surface area contributed by atoms with Crippen LogP contribution in [0.15, 0.2) is 24.5 Å². The molecule has 0 fully saturated rings. The molecular weight excluding hydrogens is 196 g/mol. The molecule has 1 aromatic rings. The summed E-state index contributed by atoms with van der Waals surface area (Å²) in [7, 11) is 0. The fourth-order valence-electron chi connectivity index (χ4n) is 2.31. The minimum absolute atomic E-state index is 0.351. The molecule has 1 aromatic heterocycles. The van der Waals surface area contributed by atoms with Crippen molar-refractivity contribution in [3.63, 3.8) is 0 Å². The molecule has 2 unspecified atom stereocenters. The first kappa shape index (κ1) is 12.7. The lowest BCUT2D eigenvalue weighted by Crippen LogP contribution is -2.12. The molecule has 0 saturated heterocycles. The first-order valence-electron chi connectivity index (χ1n) is 6.10. The summed E-state index contributed by atoms with van der Waals surface area (Å²) in [6, 6.07) is 6.36. The number of hydrogen-bond acceptors (Lipinski definition) is 2. The fraction of sp³-hybridized carbons (Fsp3) is 0.571.